The molecule has 1 amide bonds. The van der Waals surface area contributed by atoms with E-state index in [0.29, 0.717) is 18.7 Å². The van der Waals surface area contributed by atoms with Crippen LogP contribution in [0.2, 0.25) is 0 Å². The Morgan fingerprint density at radius 2 is 1.67 bits per heavy atom. The molecule has 4 rings (SSSR count). The first kappa shape index (κ1) is 25.9. The summed E-state index contributed by atoms with van der Waals surface area (Å²) in [6.07, 6.45) is -0.829. The Kier molecular flexibility index (Phi) is 8.41. The number of pyridine rings is 1. The third-order valence-electron chi connectivity index (χ3n) is 6.74. The smallest absolute Gasteiger partial charge is 0.352 e. The molecule has 36 heavy (non-hydrogen) atoms. The number of hydrogen-bond donors (Lipinski definition) is 1. The van der Waals surface area contributed by atoms with Crippen molar-refractivity contribution in [3.63, 3.8) is 0 Å². The Bertz CT molecular complexity index is 1140. The van der Waals surface area contributed by atoms with E-state index in [1.807, 2.05) is 37.3 Å². The van der Waals surface area contributed by atoms with Crippen molar-refractivity contribution in [2.45, 2.75) is 51.2 Å². The lowest BCUT2D eigenvalue weighted by Gasteiger charge is -2.32. The Labute approximate surface area is 210 Å². The van der Waals surface area contributed by atoms with Gasteiger partial charge < -0.3 is 5.32 Å². The van der Waals surface area contributed by atoms with Gasteiger partial charge >= 0.3 is 6.18 Å². The monoisotopic (exact) mass is 495 g/mol. The second-order valence-electron chi connectivity index (χ2n) is 9.48. The third-order valence-corrected chi connectivity index (χ3v) is 6.74. The van der Waals surface area contributed by atoms with Gasteiger partial charge in [0.05, 0.1) is 16.8 Å². The van der Waals surface area contributed by atoms with E-state index in [0.717, 1.165) is 67.9 Å². The van der Waals surface area contributed by atoms with Crippen molar-refractivity contribution in [2.24, 2.45) is 0 Å². The quantitative estimate of drug-likeness (QED) is 0.381. The second kappa shape index (κ2) is 11.7. The number of amides is 1. The maximum atomic E-state index is 13.0. The van der Waals surface area contributed by atoms with Crippen molar-refractivity contribution >= 4 is 5.91 Å². The molecule has 0 radical (unpaired) electrons. The summed E-state index contributed by atoms with van der Waals surface area (Å²) in [5.74, 6) is 0.0940. The Hall–Kier alpha value is -3.19. The number of likely N-dealkylation sites (tertiary alicyclic amines) is 1. The molecule has 3 aromatic rings. The van der Waals surface area contributed by atoms with Gasteiger partial charge in [-0.15, -0.1) is 0 Å². The molecule has 4 nitrogen and oxygen atoms in total. The highest BCUT2D eigenvalue weighted by atomic mass is 19.4. The molecule has 1 fully saturated rings. The summed E-state index contributed by atoms with van der Waals surface area (Å²) in [5, 5.41) is 3.06. The van der Waals surface area contributed by atoms with Crippen LogP contribution in [-0.4, -0.2) is 35.4 Å². The summed E-state index contributed by atoms with van der Waals surface area (Å²) in [6.45, 7) is 4.76. The third kappa shape index (κ3) is 6.94. The van der Waals surface area contributed by atoms with Crippen LogP contribution < -0.4 is 5.32 Å². The van der Waals surface area contributed by atoms with Crippen LogP contribution in [0.1, 0.15) is 63.6 Å². The van der Waals surface area contributed by atoms with Gasteiger partial charge in [0.15, 0.2) is 0 Å². The number of benzene rings is 2. The fraction of sp³-hybridized carbons (Fsp3) is 0.379. The largest absolute Gasteiger partial charge is 0.416 e. The SMILES string of the molecule is Cc1ccc(C(=O)NCCCc2ccccc2)c(C2CCN(Cc3ccc(C(F)(F)F)cc3)CC2)n1. The molecule has 1 saturated heterocycles. The van der Waals surface area contributed by atoms with Gasteiger partial charge in [-0.1, -0.05) is 42.5 Å². The molecule has 190 valence electrons. The molecule has 0 aliphatic carbocycles. The summed E-state index contributed by atoms with van der Waals surface area (Å²) < 4.78 is 38.4. The summed E-state index contributed by atoms with van der Waals surface area (Å²) in [5.41, 5.74) is 3.88. The van der Waals surface area contributed by atoms with Crippen LogP contribution >= 0.6 is 0 Å². The van der Waals surface area contributed by atoms with Crippen molar-refractivity contribution in [1.29, 1.82) is 0 Å². The fourth-order valence-corrected chi connectivity index (χ4v) is 4.74. The van der Waals surface area contributed by atoms with Gasteiger partial charge in [-0.2, -0.15) is 13.2 Å². The van der Waals surface area contributed by atoms with E-state index < -0.39 is 11.7 Å². The predicted molar refractivity (Wildman–Crippen MR) is 135 cm³/mol. The molecule has 1 N–H and O–H groups in total. The molecule has 2 aromatic carbocycles. The zero-order chi connectivity index (χ0) is 25.5. The molecule has 7 heteroatoms. The number of carbonyl (C=O) groups excluding carboxylic acids is 1. The number of carbonyl (C=O) groups is 1. The van der Waals surface area contributed by atoms with Crippen molar-refractivity contribution in [1.82, 2.24) is 15.2 Å². The van der Waals surface area contributed by atoms with E-state index in [-0.39, 0.29) is 11.8 Å². The topological polar surface area (TPSA) is 45.2 Å². The van der Waals surface area contributed by atoms with Crippen LogP contribution in [0, 0.1) is 6.92 Å². The van der Waals surface area contributed by atoms with Crippen LogP contribution in [-0.2, 0) is 19.1 Å². The maximum Gasteiger partial charge on any atom is 0.416 e. The van der Waals surface area contributed by atoms with Gasteiger partial charge in [0, 0.05) is 24.7 Å². The number of aryl methyl sites for hydroxylation is 2. The van der Waals surface area contributed by atoms with E-state index in [1.54, 1.807) is 12.1 Å². The van der Waals surface area contributed by atoms with Crippen LogP contribution in [0.4, 0.5) is 13.2 Å². The highest BCUT2D eigenvalue weighted by molar-refractivity contribution is 5.95. The first-order chi connectivity index (χ1) is 17.3. The van der Waals surface area contributed by atoms with Gasteiger partial charge in [-0.25, -0.2) is 0 Å². The Morgan fingerprint density at radius 1 is 0.972 bits per heavy atom. The summed E-state index contributed by atoms with van der Waals surface area (Å²) in [6, 6.07) is 19.4. The summed E-state index contributed by atoms with van der Waals surface area (Å²) in [4.78, 5) is 20.0. The molecule has 0 spiro atoms. The lowest BCUT2D eigenvalue weighted by atomic mass is 9.89. The summed E-state index contributed by atoms with van der Waals surface area (Å²) >= 11 is 0. The van der Waals surface area contributed by atoms with Crippen molar-refractivity contribution in [3.05, 3.63) is 100 Å². The number of nitrogens with one attached hydrogen (secondary N) is 1. The summed E-state index contributed by atoms with van der Waals surface area (Å²) in [7, 11) is 0. The van der Waals surface area contributed by atoms with Crippen molar-refractivity contribution in [3.8, 4) is 0 Å². The molecule has 1 aliphatic rings. The number of aromatic nitrogens is 1. The standard InChI is InChI=1S/C29H32F3N3O/c1-21-9-14-26(28(36)33-17-5-8-22-6-3-2-4-7-22)27(34-21)24-15-18-35(19-16-24)20-23-10-12-25(13-11-23)29(30,31)32/h2-4,6-7,9-14,24H,5,8,15-20H2,1H3,(H,33,36). The molecular weight excluding hydrogens is 463 g/mol. The molecule has 1 aliphatic heterocycles. The number of halogens is 3. The minimum Gasteiger partial charge on any atom is -0.352 e. The van der Waals surface area contributed by atoms with Crippen LogP contribution in [0.25, 0.3) is 0 Å². The van der Waals surface area contributed by atoms with Gasteiger partial charge in [0.25, 0.3) is 5.91 Å². The van der Waals surface area contributed by atoms with Crippen LogP contribution in [0.15, 0.2) is 66.7 Å². The van der Waals surface area contributed by atoms with E-state index in [4.69, 9.17) is 4.98 Å². The average molecular weight is 496 g/mol. The zero-order valence-corrected chi connectivity index (χ0v) is 20.5. The van der Waals surface area contributed by atoms with Gasteiger partial charge in [0.2, 0.25) is 0 Å². The zero-order valence-electron chi connectivity index (χ0n) is 20.5. The number of piperidine rings is 1. The van der Waals surface area contributed by atoms with Crippen LogP contribution in [0.3, 0.4) is 0 Å². The van der Waals surface area contributed by atoms with E-state index in [9.17, 15) is 18.0 Å². The highest BCUT2D eigenvalue weighted by Gasteiger charge is 2.30. The minimum absolute atomic E-state index is 0.0854. The maximum absolute atomic E-state index is 13.0. The number of hydrogen-bond acceptors (Lipinski definition) is 3. The van der Waals surface area contributed by atoms with E-state index >= 15 is 0 Å². The van der Waals surface area contributed by atoms with Gasteiger partial charge in [0.1, 0.15) is 0 Å². The van der Waals surface area contributed by atoms with Crippen LogP contribution in [0.5, 0.6) is 0 Å². The molecule has 2 heterocycles. The van der Waals surface area contributed by atoms with Gasteiger partial charge in [-0.05, 0) is 81.1 Å². The molecule has 0 bridgehead atoms. The Balaban J connectivity index is 1.31. The lowest BCUT2D eigenvalue weighted by molar-refractivity contribution is -0.137. The first-order valence-corrected chi connectivity index (χ1v) is 12.5. The number of alkyl halides is 3. The van der Waals surface area contributed by atoms with E-state index in [1.165, 1.54) is 5.56 Å². The van der Waals surface area contributed by atoms with E-state index in [2.05, 4.69) is 22.3 Å². The Morgan fingerprint density at radius 3 is 2.33 bits per heavy atom. The minimum atomic E-state index is -4.32. The average Bonchev–Trinajstić information content (AvgIpc) is 2.87. The molecule has 1 aromatic heterocycles. The predicted octanol–water partition coefficient (Wildman–Crippen LogP) is 6.15. The molecular formula is C29H32F3N3O. The second-order valence-corrected chi connectivity index (χ2v) is 9.48. The fourth-order valence-electron chi connectivity index (χ4n) is 4.74. The number of nitrogens with zero attached hydrogens (tertiary/aromatic N) is 2. The lowest BCUT2D eigenvalue weighted by Crippen LogP contribution is -2.34. The molecule has 0 saturated carbocycles. The van der Waals surface area contributed by atoms with Gasteiger partial charge in [-0.3, -0.25) is 14.7 Å². The first-order valence-electron chi connectivity index (χ1n) is 12.5. The van der Waals surface area contributed by atoms with Crippen molar-refractivity contribution in [2.75, 3.05) is 19.6 Å². The number of rotatable bonds is 8. The molecule has 0 atom stereocenters. The molecule has 0 unspecified atom stereocenters. The normalized spacial score (nSPS) is 15.1. The highest BCUT2D eigenvalue weighted by Crippen LogP contribution is 2.31. The van der Waals surface area contributed by atoms with Crippen molar-refractivity contribution < 1.29 is 18.0 Å².